The van der Waals surface area contributed by atoms with E-state index >= 15 is 0 Å². The number of aryl methyl sites for hydroxylation is 1. The number of carbonyl (C=O) groups excluding carboxylic acids is 1. The van der Waals surface area contributed by atoms with Crippen molar-refractivity contribution in [3.8, 4) is 5.75 Å². The van der Waals surface area contributed by atoms with Crippen molar-refractivity contribution in [3.63, 3.8) is 0 Å². The van der Waals surface area contributed by atoms with Gasteiger partial charge in [0.1, 0.15) is 11.8 Å². The van der Waals surface area contributed by atoms with Gasteiger partial charge in [-0.1, -0.05) is 18.2 Å². The highest BCUT2D eigenvalue weighted by Gasteiger charge is 2.45. The van der Waals surface area contributed by atoms with Gasteiger partial charge in [-0.15, -0.1) is 0 Å². The van der Waals surface area contributed by atoms with E-state index in [0.717, 1.165) is 10.6 Å². The van der Waals surface area contributed by atoms with Gasteiger partial charge in [-0.05, 0) is 31.4 Å². The van der Waals surface area contributed by atoms with Crippen molar-refractivity contribution < 1.29 is 22.7 Å². The van der Waals surface area contributed by atoms with Crippen molar-refractivity contribution in [3.05, 3.63) is 29.8 Å². The molecule has 22 heavy (non-hydrogen) atoms. The smallest absolute Gasteiger partial charge is 0.405 e. The van der Waals surface area contributed by atoms with E-state index < -0.39 is 12.2 Å². The molecule has 0 aliphatic carbocycles. The number of hydrazine groups is 1. The molecule has 0 radical (unpaired) electrons. The van der Waals surface area contributed by atoms with Gasteiger partial charge in [0.05, 0.1) is 6.61 Å². The molecular weight excluding hydrogens is 297 g/mol. The molecule has 1 amide bonds. The van der Waals surface area contributed by atoms with Gasteiger partial charge in [-0.3, -0.25) is 10.2 Å². The second-order valence-electron chi connectivity index (χ2n) is 5.12. The normalized spacial score (nSPS) is 17.4. The van der Waals surface area contributed by atoms with Gasteiger partial charge in [0, 0.05) is 13.0 Å². The fraction of sp³-hybridized carbons (Fsp3) is 0.533. The molecular formula is C15H19F3N2O2. The minimum absolute atomic E-state index is 0.0795. The zero-order valence-electron chi connectivity index (χ0n) is 12.3. The van der Waals surface area contributed by atoms with Gasteiger partial charge < -0.3 is 4.74 Å². The first-order chi connectivity index (χ1) is 10.4. The van der Waals surface area contributed by atoms with Crippen molar-refractivity contribution in [2.24, 2.45) is 0 Å². The third-order valence-corrected chi connectivity index (χ3v) is 3.56. The summed E-state index contributed by atoms with van der Waals surface area (Å²) in [6, 6.07) is 5.39. The zero-order valence-corrected chi connectivity index (χ0v) is 12.3. The molecule has 1 heterocycles. The predicted molar refractivity (Wildman–Crippen MR) is 75.2 cm³/mol. The van der Waals surface area contributed by atoms with E-state index in [2.05, 4.69) is 5.43 Å². The van der Waals surface area contributed by atoms with Crippen molar-refractivity contribution in [2.75, 3.05) is 13.2 Å². The van der Waals surface area contributed by atoms with Crippen LogP contribution in [0.1, 0.15) is 25.3 Å². The fourth-order valence-electron chi connectivity index (χ4n) is 2.52. The Morgan fingerprint density at radius 3 is 2.68 bits per heavy atom. The zero-order chi connectivity index (χ0) is 16.2. The van der Waals surface area contributed by atoms with Gasteiger partial charge in [0.2, 0.25) is 5.91 Å². The third-order valence-electron chi connectivity index (χ3n) is 3.56. The number of para-hydroxylation sites is 1. The van der Waals surface area contributed by atoms with Crippen LogP contribution in [0.3, 0.4) is 0 Å². The van der Waals surface area contributed by atoms with Crippen molar-refractivity contribution in [1.29, 1.82) is 0 Å². The van der Waals surface area contributed by atoms with Gasteiger partial charge in [-0.25, -0.2) is 5.01 Å². The van der Waals surface area contributed by atoms with E-state index in [1.54, 1.807) is 24.3 Å². The molecule has 1 aliphatic heterocycles. The van der Waals surface area contributed by atoms with Crippen LogP contribution in [0.2, 0.25) is 0 Å². The highest BCUT2D eigenvalue weighted by molar-refractivity contribution is 5.77. The lowest BCUT2D eigenvalue weighted by molar-refractivity contribution is -0.189. The Morgan fingerprint density at radius 1 is 1.36 bits per heavy atom. The Hall–Kier alpha value is -1.76. The Labute approximate surface area is 127 Å². The summed E-state index contributed by atoms with van der Waals surface area (Å²) < 4.78 is 45.1. The number of hydrogen-bond donors (Lipinski definition) is 1. The van der Waals surface area contributed by atoms with E-state index in [1.165, 1.54) is 0 Å². The molecule has 122 valence electrons. The van der Waals surface area contributed by atoms with Gasteiger partial charge in [-0.2, -0.15) is 13.2 Å². The van der Waals surface area contributed by atoms with Crippen LogP contribution < -0.4 is 10.2 Å². The van der Waals surface area contributed by atoms with E-state index in [4.69, 9.17) is 4.74 Å². The second-order valence-corrected chi connectivity index (χ2v) is 5.12. The van der Waals surface area contributed by atoms with Crippen molar-refractivity contribution in [2.45, 2.75) is 38.4 Å². The second kappa shape index (κ2) is 7.00. The summed E-state index contributed by atoms with van der Waals surface area (Å²) in [6.07, 6.45) is -4.19. The van der Waals surface area contributed by atoms with E-state index in [9.17, 15) is 18.0 Å². The lowest BCUT2D eigenvalue weighted by Gasteiger charge is -2.29. The standard InChI is InChI=1S/C15H19F3N2O2/c1-2-22-12-6-4-3-5-11(12)7-8-13(15(16,17)18)20-10-9-14(21)19-20/h3-6,13H,2,7-10H2,1H3,(H,19,21). The van der Waals surface area contributed by atoms with Crippen molar-refractivity contribution in [1.82, 2.24) is 10.4 Å². The molecule has 2 rings (SSSR count). The molecule has 0 spiro atoms. The van der Waals surface area contributed by atoms with Crippen LogP contribution in [-0.4, -0.2) is 36.3 Å². The van der Waals surface area contributed by atoms with E-state index in [0.29, 0.717) is 12.4 Å². The van der Waals surface area contributed by atoms with Crippen LogP contribution in [0.15, 0.2) is 24.3 Å². The first-order valence-corrected chi connectivity index (χ1v) is 7.25. The lowest BCUT2D eigenvalue weighted by atomic mass is 10.0. The molecule has 1 unspecified atom stereocenters. The Morgan fingerprint density at radius 2 is 2.09 bits per heavy atom. The Kier molecular flexibility index (Phi) is 5.28. The Bertz CT molecular complexity index is 520. The number of nitrogens with one attached hydrogen (secondary N) is 1. The maximum absolute atomic E-state index is 13.2. The summed E-state index contributed by atoms with van der Waals surface area (Å²) in [6.45, 7) is 2.37. The number of alkyl halides is 3. The molecule has 0 saturated carbocycles. The van der Waals surface area contributed by atoms with E-state index in [1.807, 2.05) is 6.92 Å². The molecule has 1 aliphatic rings. The van der Waals surface area contributed by atoms with Crippen LogP contribution in [0, 0.1) is 0 Å². The quantitative estimate of drug-likeness (QED) is 0.877. The third kappa shape index (κ3) is 4.13. The average Bonchev–Trinajstić information content (AvgIpc) is 2.86. The maximum Gasteiger partial charge on any atom is 0.405 e. The summed E-state index contributed by atoms with van der Waals surface area (Å²) >= 11 is 0. The van der Waals surface area contributed by atoms with E-state index in [-0.39, 0.29) is 31.7 Å². The minimum atomic E-state index is -4.39. The Balaban J connectivity index is 2.07. The average molecular weight is 316 g/mol. The topological polar surface area (TPSA) is 41.6 Å². The number of hydrogen-bond acceptors (Lipinski definition) is 3. The summed E-state index contributed by atoms with van der Waals surface area (Å²) in [5, 5.41) is 0.992. The number of amides is 1. The molecule has 1 fully saturated rings. The largest absolute Gasteiger partial charge is 0.494 e. The van der Waals surface area contributed by atoms with Crippen LogP contribution in [0.5, 0.6) is 5.75 Å². The van der Waals surface area contributed by atoms with Gasteiger partial charge >= 0.3 is 6.18 Å². The number of nitrogens with zero attached hydrogens (tertiary/aromatic N) is 1. The first kappa shape index (κ1) is 16.6. The van der Waals surface area contributed by atoms with Crippen LogP contribution >= 0.6 is 0 Å². The molecule has 7 heteroatoms. The highest BCUT2D eigenvalue weighted by atomic mass is 19.4. The summed E-state index contributed by atoms with van der Waals surface area (Å²) in [5.74, 6) is 0.236. The number of halogens is 3. The molecule has 1 N–H and O–H groups in total. The predicted octanol–water partition coefficient (Wildman–Crippen LogP) is 2.69. The SMILES string of the molecule is CCOc1ccccc1CCC(N1CCC(=O)N1)C(F)(F)F. The number of benzene rings is 1. The molecule has 0 aromatic heterocycles. The summed E-state index contributed by atoms with van der Waals surface area (Å²) in [5.41, 5.74) is 3.02. The highest BCUT2D eigenvalue weighted by Crippen LogP contribution is 2.30. The van der Waals surface area contributed by atoms with Crippen LogP contribution in [0.25, 0.3) is 0 Å². The lowest BCUT2D eigenvalue weighted by Crippen LogP contribution is -2.50. The van der Waals surface area contributed by atoms with Crippen LogP contribution in [0.4, 0.5) is 13.2 Å². The monoisotopic (exact) mass is 316 g/mol. The summed E-state index contributed by atoms with van der Waals surface area (Å²) in [7, 11) is 0. The molecule has 0 bridgehead atoms. The molecule has 1 aromatic rings. The number of ether oxygens (including phenoxy) is 1. The molecule has 1 atom stereocenters. The number of carbonyl (C=O) groups is 1. The minimum Gasteiger partial charge on any atom is -0.494 e. The molecule has 4 nitrogen and oxygen atoms in total. The van der Waals surface area contributed by atoms with Gasteiger partial charge in [0.15, 0.2) is 0 Å². The first-order valence-electron chi connectivity index (χ1n) is 7.25. The maximum atomic E-state index is 13.2. The fourth-order valence-corrected chi connectivity index (χ4v) is 2.52. The molecule has 1 saturated heterocycles. The van der Waals surface area contributed by atoms with Crippen LogP contribution in [-0.2, 0) is 11.2 Å². The molecule has 1 aromatic carbocycles. The van der Waals surface area contributed by atoms with Crippen molar-refractivity contribution >= 4 is 5.91 Å². The number of rotatable bonds is 6. The summed E-state index contributed by atoms with van der Waals surface area (Å²) in [4.78, 5) is 11.2. The van der Waals surface area contributed by atoms with Gasteiger partial charge in [0.25, 0.3) is 0 Å².